The van der Waals surface area contributed by atoms with Crippen LogP contribution in [0.15, 0.2) is 23.1 Å². The molecule has 0 bridgehead atoms. The Balaban J connectivity index is 0.000000674. The van der Waals surface area contributed by atoms with E-state index in [1.54, 1.807) is 13.1 Å². The first kappa shape index (κ1) is 25.3. The van der Waals surface area contributed by atoms with Gasteiger partial charge in [0.1, 0.15) is 11.4 Å². The number of benzene rings is 1. The summed E-state index contributed by atoms with van der Waals surface area (Å²) in [7, 11) is -0.0470. The number of hydrogen-bond donors (Lipinski definition) is 3. The van der Waals surface area contributed by atoms with Gasteiger partial charge in [-0.3, -0.25) is 14.0 Å². The van der Waals surface area contributed by atoms with Gasteiger partial charge in [0, 0.05) is 39.4 Å². The van der Waals surface area contributed by atoms with Gasteiger partial charge in [-0.1, -0.05) is 0 Å². The lowest BCUT2D eigenvalue weighted by atomic mass is 10.1. The summed E-state index contributed by atoms with van der Waals surface area (Å²) >= 11 is 0. The monoisotopic (exact) mass is 448 g/mol. The van der Waals surface area contributed by atoms with Crippen molar-refractivity contribution in [1.82, 2.24) is 9.58 Å². The zero-order valence-corrected chi connectivity index (χ0v) is 17.5. The highest BCUT2D eigenvalue weighted by Gasteiger charge is 2.21. The maximum Gasteiger partial charge on any atom is 0.341 e. The van der Waals surface area contributed by atoms with E-state index in [2.05, 4.69) is 10.3 Å². The molecule has 0 saturated carbocycles. The third kappa shape index (κ3) is 6.13. The van der Waals surface area contributed by atoms with Crippen molar-refractivity contribution < 1.29 is 32.7 Å². The van der Waals surface area contributed by atoms with Gasteiger partial charge in [-0.05, 0) is 19.2 Å². The number of carboxylic acids is 1. The van der Waals surface area contributed by atoms with E-state index in [1.165, 1.54) is 10.9 Å². The molecule has 168 valence electrons. The number of pyridine rings is 1. The van der Waals surface area contributed by atoms with Crippen LogP contribution in [0, 0.1) is 5.82 Å². The van der Waals surface area contributed by atoms with Crippen molar-refractivity contribution in [3.8, 4) is 0 Å². The van der Waals surface area contributed by atoms with Crippen LogP contribution in [0.3, 0.4) is 0 Å². The van der Waals surface area contributed by atoms with E-state index in [9.17, 15) is 22.4 Å². The van der Waals surface area contributed by atoms with Gasteiger partial charge in [-0.25, -0.2) is 9.18 Å². The largest absolute Gasteiger partial charge is 0.477 e. The van der Waals surface area contributed by atoms with E-state index < -0.39 is 32.9 Å². The number of anilines is 1. The van der Waals surface area contributed by atoms with Crippen LogP contribution in [0.2, 0.25) is 0 Å². The van der Waals surface area contributed by atoms with E-state index in [0.717, 1.165) is 19.2 Å². The Morgan fingerprint density at radius 3 is 2.20 bits per heavy atom. The molecule has 3 rings (SSSR count). The Bertz CT molecular complexity index is 1070. The van der Waals surface area contributed by atoms with Gasteiger partial charge < -0.3 is 25.8 Å². The average Bonchev–Trinajstić information content (AvgIpc) is 2.61. The molecule has 0 aliphatic carbocycles. The molecule has 1 fully saturated rings. The highest BCUT2D eigenvalue weighted by Crippen LogP contribution is 2.25. The molecule has 5 N–H and O–H groups in total. The molecule has 2 aromatic rings. The minimum atomic E-state index is -3.67. The molecule has 13 heteroatoms. The molecule has 11 nitrogen and oxygen atoms in total. The zero-order valence-electron chi connectivity index (χ0n) is 16.7. The fraction of sp³-hybridized carbons (Fsp3) is 0.412. The van der Waals surface area contributed by atoms with E-state index in [0.29, 0.717) is 30.5 Å². The van der Waals surface area contributed by atoms with Crippen LogP contribution in [0.1, 0.15) is 10.4 Å². The lowest BCUT2D eigenvalue weighted by molar-refractivity contribution is 0.0695. The molecule has 1 aliphatic heterocycles. The Hall–Kier alpha value is -2.74. The predicted molar refractivity (Wildman–Crippen MR) is 111 cm³/mol. The van der Waals surface area contributed by atoms with Crippen LogP contribution in [0.4, 0.5) is 10.1 Å². The lowest BCUT2D eigenvalue weighted by Gasteiger charge is -2.34. The quantitative estimate of drug-likeness (QED) is 0.522. The highest BCUT2D eigenvalue weighted by molar-refractivity contribution is 7.85. The second kappa shape index (κ2) is 9.84. The Kier molecular flexibility index (Phi) is 8.30. The summed E-state index contributed by atoms with van der Waals surface area (Å²) in [5.74, 6) is -1.86. The highest BCUT2D eigenvalue weighted by atomic mass is 32.2. The minimum Gasteiger partial charge on any atom is -0.477 e. The van der Waals surface area contributed by atoms with Gasteiger partial charge in [0.25, 0.3) is 10.1 Å². The Morgan fingerprint density at radius 1 is 1.20 bits per heavy atom. The van der Waals surface area contributed by atoms with Crippen LogP contribution in [0.5, 0.6) is 0 Å². The first-order chi connectivity index (χ1) is 13.4. The topological polar surface area (TPSA) is 164 Å². The van der Waals surface area contributed by atoms with E-state index in [1.807, 2.05) is 11.9 Å². The van der Waals surface area contributed by atoms with Gasteiger partial charge in [0.15, 0.2) is 0 Å². The second-order valence-corrected chi connectivity index (χ2v) is 8.08. The number of nitrogens with zero attached hydrogens (tertiary/aromatic N) is 3. The van der Waals surface area contributed by atoms with Gasteiger partial charge >= 0.3 is 5.97 Å². The van der Waals surface area contributed by atoms with Crippen molar-refractivity contribution in [2.45, 2.75) is 0 Å². The number of carbonyl (C=O) groups is 1. The van der Waals surface area contributed by atoms with Crippen LogP contribution in [-0.2, 0) is 10.1 Å². The van der Waals surface area contributed by atoms with E-state index >= 15 is 0 Å². The number of hydrogen-bond acceptors (Lipinski definition) is 7. The van der Waals surface area contributed by atoms with E-state index in [4.69, 9.17) is 9.66 Å². The summed E-state index contributed by atoms with van der Waals surface area (Å²) in [6.07, 6.45) is 1.94. The molecular formula is C17H25FN4O7S. The van der Waals surface area contributed by atoms with Gasteiger partial charge in [-0.2, -0.15) is 8.42 Å². The number of halogens is 1. The van der Waals surface area contributed by atoms with Crippen molar-refractivity contribution in [2.75, 3.05) is 56.9 Å². The zero-order chi connectivity index (χ0) is 21.9. The fourth-order valence-electron chi connectivity index (χ4n) is 2.96. The number of carboxylic acid groups (broad SMARTS) is 1. The standard InChI is InChI=1S/C16H19FN4O3.CH4O3S.H2O/c1-18-21-9-11(16(23)24)15(22)10-7-12(17)14(8-13(10)21)20-5-3-19(2)4-6-20;1-5(2,3)4;/h7-9,18H,3-6H2,1-2H3,(H,23,24);1H3,(H,2,3,4);1H2. The van der Waals surface area contributed by atoms with E-state index in [-0.39, 0.29) is 10.9 Å². The second-order valence-electron chi connectivity index (χ2n) is 6.61. The number of fused-ring (bicyclic) bond motifs is 1. The molecule has 0 radical (unpaired) electrons. The molecule has 0 unspecified atom stereocenters. The minimum absolute atomic E-state index is 0. The SMILES string of the molecule is CNn1cc(C(=O)O)c(=O)c2cc(F)c(N3CCN(C)CC3)cc21.CS(=O)(=O)O.O. The first-order valence-corrected chi connectivity index (χ1v) is 10.4. The Morgan fingerprint density at radius 2 is 1.73 bits per heavy atom. The molecule has 2 heterocycles. The van der Waals surface area contributed by atoms with Crippen LogP contribution in [0.25, 0.3) is 10.9 Å². The summed E-state index contributed by atoms with van der Waals surface area (Å²) in [6, 6.07) is 2.73. The van der Waals surface area contributed by atoms with Crippen LogP contribution >= 0.6 is 0 Å². The lowest BCUT2D eigenvalue weighted by Crippen LogP contribution is -2.44. The molecular weight excluding hydrogens is 423 g/mol. The van der Waals surface area contributed by atoms with Crippen molar-refractivity contribution in [2.24, 2.45) is 0 Å². The van der Waals surface area contributed by atoms with Crippen molar-refractivity contribution in [3.63, 3.8) is 0 Å². The smallest absolute Gasteiger partial charge is 0.341 e. The van der Waals surface area contributed by atoms with Crippen LogP contribution < -0.4 is 15.8 Å². The molecule has 30 heavy (non-hydrogen) atoms. The van der Waals surface area contributed by atoms with Gasteiger partial charge in [0.05, 0.1) is 22.8 Å². The van der Waals surface area contributed by atoms with Gasteiger partial charge in [-0.15, -0.1) is 0 Å². The summed E-state index contributed by atoms with van der Waals surface area (Å²) in [6.45, 7) is 3.04. The molecule has 1 aliphatic rings. The maximum atomic E-state index is 14.6. The number of piperazine rings is 1. The summed E-state index contributed by atoms with van der Waals surface area (Å²) in [5.41, 5.74) is 2.59. The number of aromatic nitrogens is 1. The van der Waals surface area contributed by atoms with Crippen molar-refractivity contribution in [3.05, 3.63) is 39.9 Å². The molecule has 1 aromatic heterocycles. The number of nitrogens with one attached hydrogen (secondary N) is 1. The van der Waals surface area contributed by atoms with Gasteiger partial charge in [0.2, 0.25) is 5.43 Å². The molecule has 0 spiro atoms. The summed E-state index contributed by atoms with van der Waals surface area (Å²) < 4.78 is 41.9. The molecule has 1 aromatic carbocycles. The number of likely N-dealkylation sites (N-methyl/N-ethyl adjacent to an activating group) is 1. The summed E-state index contributed by atoms with van der Waals surface area (Å²) in [5, 5.41) is 9.19. The predicted octanol–water partition coefficient (Wildman–Crippen LogP) is -0.557. The summed E-state index contributed by atoms with van der Waals surface area (Å²) in [4.78, 5) is 27.6. The Labute approximate surface area is 172 Å². The number of aromatic carboxylic acids is 1. The van der Waals surface area contributed by atoms with Crippen LogP contribution in [-0.4, -0.2) is 85.6 Å². The number of rotatable bonds is 3. The maximum absolute atomic E-state index is 14.6. The average molecular weight is 448 g/mol. The molecule has 0 atom stereocenters. The third-order valence-corrected chi connectivity index (χ3v) is 4.39. The first-order valence-electron chi connectivity index (χ1n) is 8.58. The molecule has 0 amide bonds. The molecule has 1 saturated heterocycles. The van der Waals surface area contributed by atoms with Crippen molar-refractivity contribution >= 4 is 32.7 Å². The van der Waals surface area contributed by atoms with Crippen molar-refractivity contribution in [1.29, 1.82) is 0 Å². The fourth-order valence-corrected chi connectivity index (χ4v) is 2.96. The normalized spacial score (nSPS) is 14.5. The third-order valence-electron chi connectivity index (χ3n) is 4.39.